The van der Waals surface area contributed by atoms with Crippen molar-refractivity contribution in [3.8, 4) is 0 Å². The molecule has 4 N–H and O–H groups in total. The highest BCUT2D eigenvalue weighted by molar-refractivity contribution is 6.89. The Bertz CT molecular complexity index is 693. The van der Waals surface area contributed by atoms with E-state index >= 15 is 0 Å². The summed E-state index contributed by atoms with van der Waals surface area (Å²) in [6.45, 7) is 44.0. The molecule has 0 saturated heterocycles. The van der Waals surface area contributed by atoms with Crippen molar-refractivity contribution >= 4 is 68.2 Å². The minimum atomic E-state index is -2.20. The van der Waals surface area contributed by atoms with Gasteiger partial charge in [0, 0.05) is 6.54 Å². The molecule has 0 aliphatic heterocycles. The molecule has 0 amide bonds. The lowest BCUT2D eigenvalue weighted by Crippen LogP contribution is -2.56. The van der Waals surface area contributed by atoms with Crippen LogP contribution in [0.1, 0.15) is 6.42 Å². The summed E-state index contributed by atoms with van der Waals surface area (Å²) in [6.07, 6.45) is 2.62. The quantitative estimate of drug-likeness (QED) is 0.128. The van der Waals surface area contributed by atoms with Crippen molar-refractivity contribution in [2.75, 3.05) is 13.1 Å². The van der Waals surface area contributed by atoms with Gasteiger partial charge >= 0.3 is 25.7 Å². The highest BCUT2D eigenvalue weighted by Gasteiger charge is 2.44. The second kappa shape index (κ2) is 18.8. The Kier molecular flexibility index (Phi) is 21.5. The summed E-state index contributed by atoms with van der Waals surface area (Å²) in [7, 11) is -14.0. The van der Waals surface area contributed by atoms with Crippen molar-refractivity contribution < 1.29 is 24.7 Å². The first-order chi connectivity index (χ1) is 17.4. The first-order valence-corrected chi connectivity index (χ1v) is 38.5. The predicted octanol–water partition coefficient (Wildman–Crippen LogP) is 7.22. The van der Waals surface area contributed by atoms with E-state index in [0.29, 0.717) is 13.1 Å². The van der Waals surface area contributed by atoms with Crippen molar-refractivity contribution in [2.45, 2.75) is 130 Å². The van der Waals surface area contributed by atoms with Crippen LogP contribution in [0.5, 0.6) is 0 Å². The van der Waals surface area contributed by atoms with Crippen molar-refractivity contribution in [1.82, 2.24) is 0 Å². The topological polar surface area (TPSA) is 107 Å². The van der Waals surface area contributed by atoms with Crippen LogP contribution in [-0.2, 0) is 24.7 Å². The Morgan fingerprint density at radius 1 is 0.575 bits per heavy atom. The molecular formula is C24H70N2O6Si8. The lowest BCUT2D eigenvalue weighted by Gasteiger charge is -2.41. The summed E-state index contributed by atoms with van der Waals surface area (Å²) in [6, 6.07) is 0.958. The van der Waals surface area contributed by atoms with Gasteiger partial charge in [0.25, 0.3) is 9.28 Å². The van der Waals surface area contributed by atoms with Crippen LogP contribution < -0.4 is 11.5 Å². The molecule has 8 nitrogen and oxygen atoms in total. The second-order valence-electron chi connectivity index (χ2n) is 15.0. The van der Waals surface area contributed by atoms with E-state index in [1.807, 2.05) is 0 Å². The molecule has 40 heavy (non-hydrogen) atoms. The van der Waals surface area contributed by atoms with Crippen molar-refractivity contribution in [1.29, 1.82) is 0 Å². The highest BCUT2D eigenvalue weighted by atomic mass is 28.5. The molecule has 0 heterocycles. The van der Waals surface area contributed by atoms with Gasteiger partial charge in [-0.25, -0.2) is 0 Å². The molecule has 0 spiro atoms. The zero-order valence-electron chi connectivity index (χ0n) is 29.8. The number of nitrogens with two attached hydrogens (primary N) is 2. The van der Waals surface area contributed by atoms with E-state index in [9.17, 15) is 0 Å². The highest BCUT2D eigenvalue weighted by Crippen LogP contribution is 2.27. The smallest absolute Gasteiger partial charge is 0.315 e. The predicted molar refractivity (Wildman–Crippen MR) is 197 cm³/mol. The summed E-state index contributed by atoms with van der Waals surface area (Å²) >= 11 is 0. The Hall–Kier alpha value is 1.16. The molecule has 0 radical (unpaired) electrons. The lowest BCUT2D eigenvalue weighted by molar-refractivity contribution is 0.322. The molecule has 2 atom stereocenters. The zero-order chi connectivity index (χ0) is 32.9. The van der Waals surface area contributed by atoms with Crippen LogP contribution in [0.15, 0.2) is 12.7 Å². The van der Waals surface area contributed by atoms with Crippen molar-refractivity contribution in [2.24, 2.45) is 11.5 Å². The fourth-order valence-electron chi connectivity index (χ4n) is 4.15. The average molecular weight is 708 g/mol. The molecule has 0 aromatic heterocycles. The van der Waals surface area contributed by atoms with Gasteiger partial charge in [-0.15, -0.1) is 6.58 Å². The van der Waals surface area contributed by atoms with Crippen LogP contribution in [0.3, 0.4) is 0 Å². The standard InChI is InChI=1S/C12H35NO3Si4.C9H28O3Si4.C3H7N/c1-17(2,3)14-19(7,8)16-20(9,12-10-11-13)15-18(4,5)6;1-13(10-14(2,3)4)11-16(8,9)12-15(5,6)7;1-2-3-4/h10-13H2,1-9H3;13H,1-9H3;2H,1,3-4H2. The Morgan fingerprint density at radius 2 is 0.950 bits per heavy atom. The Labute approximate surface area is 259 Å². The third-order valence-electron chi connectivity index (χ3n) is 4.06. The van der Waals surface area contributed by atoms with Crippen LogP contribution in [0.25, 0.3) is 0 Å². The fourth-order valence-corrected chi connectivity index (χ4v) is 36.5. The molecule has 16 heteroatoms. The molecule has 0 aliphatic rings. The van der Waals surface area contributed by atoms with Gasteiger partial charge in [-0.1, -0.05) is 6.08 Å². The largest absolute Gasteiger partial charge is 0.439 e. The molecule has 0 saturated carbocycles. The summed E-state index contributed by atoms with van der Waals surface area (Å²) in [4.78, 5) is 0. The van der Waals surface area contributed by atoms with Crippen LogP contribution in [0.2, 0.25) is 124 Å². The maximum Gasteiger partial charge on any atom is 0.315 e. The van der Waals surface area contributed by atoms with E-state index in [4.69, 9.17) is 36.2 Å². The maximum absolute atomic E-state index is 6.53. The van der Waals surface area contributed by atoms with Gasteiger partial charge in [0.05, 0.1) is 0 Å². The molecule has 244 valence electrons. The monoisotopic (exact) mass is 706 g/mol. The third kappa shape index (κ3) is 33.7. The Morgan fingerprint density at radius 3 is 1.25 bits per heavy atom. The van der Waals surface area contributed by atoms with E-state index in [0.717, 1.165) is 12.5 Å². The summed E-state index contributed by atoms with van der Waals surface area (Å²) in [5.74, 6) is 0. The van der Waals surface area contributed by atoms with Crippen LogP contribution in [-0.4, -0.2) is 81.3 Å². The van der Waals surface area contributed by atoms with Crippen LogP contribution in [0.4, 0.5) is 0 Å². The van der Waals surface area contributed by atoms with Gasteiger partial charge in [0.15, 0.2) is 33.3 Å². The fraction of sp³-hybridized carbons (Fsp3) is 0.917. The summed E-state index contributed by atoms with van der Waals surface area (Å²) < 4.78 is 37.5. The van der Waals surface area contributed by atoms with E-state index in [1.54, 1.807) is 6.08 Å². The molecule has 0 aromatic rings. The van der Waals surface area contributed by atoms with Crippen molar-refractivity contribution in [3.63, 3.8) is 0 Å². The molecule has 0 rings (SSSR count). The summed E-state index contributed by atoms with van der Waals surface area (Å²) in [5, 5.41) is 0. The van der Waals surface area contributed by atoms with Gasteiger partial charge in [0.1, 0.15) is 0 Å². The van der Waals surface area contributed by atoms with Gasteiger partial charge in [-0.3, -0.25) is 0 Å². The van der Waals surface area contributed by atoms with E-state index in [1.165, 1.54) is 0 Å². The lowest BCUT2D eigenvalue weighted by atomic mass is 10.5. The minimum Gasteiger partial charge on any atom is -0.439 e. The molecule has 2 unspecified atom stereocenters. The van der Waals surface area contributed by atoms with E-state index in [-0.39, 0.29) is 0 Å². The van der Waals surface area contributed by atoms with Crippen LogP contribution >= 0.6 is 0 Å². The first kappa shape index (κ1) is 45.6. The minimum absolute atomic E-state index is 0.583. The van der Waals surface area contributed by atoms with Gasteiger partial charge in [-0.2, -0.15) is 0 Å². The summed E-state index contributed by atoms with van der Waals surface area (Å²) in [5.41, 5.74) is 10.6. The molecule has 0 aromatic carbocycles. The van der Waals surface area contributed by atoms with E-state index < -0.39 is 68.2 Å². The van der Waals surface area contributed by atoms with E-state index in [2.05, 4.69) is 124 Å². The van der Waals surface area contributed by atoms with Crippen molar-refractivity contribution in [3.05, 3.63) is 12.7 Å². The second-order valence-corrected chi connectivity index (χ2v) is 46.6. The third-order valence-corrected chi connectivity index (χ3v) is 29.8. The maximum atomic E-state index is 6.53. The Balaban J connectivity index is -0.000000614. The molecule has 0 aliphatic carbocycles. The molecule has 0 bridgehead atoms. The average Bonchev–Trinajstić information content (AvgIpc) is 2.58. The van der Waals surface area contributed by atoms with Gasteiger partial charge < -0.3 is 36.2 Å². The number of hydrogen-bond donors (Lipinski definition) is 2. The number of hydrogen-bond acceptors (Lipinski definition) is 8. The van der Waals surface area contributed by atoms with Gasteiger partial charge in [0.2, 0.25) is 0 Å². The zero-order valence-corrected chi connectivity index (χ0v) is 37.9. The SMILES string of the molecule is C=CCN.C[SiH](O[Si](C)(C)C)O[Si](C)(C)O[Si](C)(C)C.C[Si](C)(C)O[Si](C)(C)O[Si](C)(CCCN)O[Si](C)(C)C. The molecule has 0 fully saturated rings. The number of rotatable bonds is 16. The normalized spacial score (nSPS) is 15.7. The van der Waals surface area contributed by atoms with Gasteiger partial charge in [-0.05, 0) is 137 Å². The van der Waals surface area contributed by atoms with Crippen LogP contribution in [0, 0.1) is 0 Å². The molecular weight excluding hydrogens is 637 g/mol. The first-order valence-electron chi connectivity index (χ1n) is 14.6.